The first-order valence-corrected chi connectivity index (χ1v) is 5.40. The smallest absolute Gasteiger partial charge is 0.119 e. The van der Waals surface area contributed by atoms with Gasteiger partial charge in [-0.1, -0.05) is 6.07 Å². The molecule has 0 aromatic heterocycles. The standard InChI is InChI=1S/C13H21NO2/c1-13(2,14)8-11-7-12(16-4)6-5-10(11)9-15-3/h5-7H,8-9,14H2,1-4H3. The summed E-state index contributed by atoms with van der Waals surface area (Å²) in [6, 6.07) is 6.01. The summed E-state index contributed by atoms with van der Waals surface area (Å²) >= 11 is 0. The minimum Gasteiger partial charge on any atom is -0.497 e. The molecule has 0 bridgehead atoms. The molecule has 0 atom stereocenters. The fraction of sp³-hybridized carbons (Fsp3) is 0.538. The second-order valence-electron chi connectivity index (χ2n) is 4.73. The van der Waals surface area contributed by atoms with Gasteiger partial charge in [-0.05, 0) is 43.5 Å². The summed E-state index contributed by atoms with van der Waals surface area (Å²) in [5.41, 5.74) is 8.17. The SMILES string of the molecule is COCc1ccc(OC)cc1CC(C)(C)N. The summed E-state index contributed by atoms with van der Waals surface area (Å²) in [5.74, 6) is 0.860. The lowest BCUT2D eigenvalue weighted by atomic mass is 9.93. The van der Waals surface area contributed by atoms with Crippen LogP contribution in [0.15, 0.2) is 18.2 Å². The van der Waals surface area contributed by atoms with Crippen molar-refractivity contribution in [2.24, 2.45) is 5.73 Å². The van der Waals surface area contributed by atoms with Gasteiger partial charge in [0.1, 0.15) is 5.75 Å². The maximum Gasteiger partial charge on any atom is 0.119 e. The van der Waals surface area contributed by atoms with Crippen LogP contribution in [-0.4, -0.2) is 19.8 Å². The van der Waals surface area contributed by atoms with Crippen molar-refractivity contribution in [1.82, 2.24) is 0 Å². The van der Waals surface area contributed by atoms with Crippen LogP contribution < -0.4 is 10.5 Å². The van der Waals surface area contributed by atoms with Gasteiger partial charge in [0.2, 0.25) is 0 Å². The van der Waals surface area contributed by atoms with Crippen LogP contribution in [0.1, 0.15) is 25.0 Å². The Kier molecular flexibility index (Phi) is 4.33. The summed E-state index contributed by atoms with van der Waals surface area (Å²) in [7, 11) is 3.37. The van der Waals surface area contributed by atoms with Crippen LogP contribution in [0.4, 0.5) is 0 Å². The van der Waals surface area contributed by atoms with Crippen molar-refractivity contribution in [2.75, 3.05) is 14.2 Å². The average molecular weight is 223 g/mol. The molecule has 0 saturated carbocycles. The van der Waals surface area contributed by atoms with Crippen molar-refractivity contribution in [1.29, 1.82) is 0 Å². The lowest BCUT2D eigenvalue weighted by Gasteiger charge is -2.21. The van der Waals surface area contributed by atoms with Gasteiger partial charge in [0.25, 0.3) is 0 Å². The Morgan fingerprint density at radius 2 is 1.88 bits per heavy atom. The van der Waals surface area contributed by atoms with E-state index >= 15 is 0 Å². The van der Waals surface area contributed by atoms with E-state index in [-0.39, 0.29) is 5.54 Å². The second-order valence-corrected chi connectivity index (χ2v) is 4.73. The normalized spacial score (nSPS) is 11.6. The largest absolute Gasteiger partial charge is 0.497 e. The molecule has 0 saturated heterocycles. The van der Waals surface area contributed by atoms with Crippen LogP contribution in [0.5, 0.6) is 5.75 Å². The third-order valence-corrected chi connectivity index (χ3v) is 2.36. The zero-order valence-corrected chi connectivity index (χ0v) is 10.5. The molecule has 0 amide bonds. The van der Waals surface area contributed by atoms with Gasteiger partial charge in [-0.2, -0.15) is 0 Å². The number of rotatable bonds is 5. The minimum atomic E-state index is -0.227. The Balaban J connectivity index is 3.00. The van der Waals surface area contributed by atoms with Crippen molar-refractivity contribution in [2.45, 2.75) is 32.4 Å². The molecule has 16 heavy (non-hydrogen) atoms. The van der Waals surface area contributed by atoms with E-state index in [2.05, 4.69) is 0 Å². The molecule has 0 aliphatic carbocycles. The maximum atomic E-state index is 6.04. The van der Waals surface area contributed by atoms with E-state index in [0.717, 1.165) is 12.2 Å². The minimum absolute atomic E-state index is 0.227. The Bertz CT molecular complexity index is 342. The van der Waals surface area contributed by atoms with Gasteiger partial charge >= 0.3 is 0 Å². The zero-order valence-electron chi connectivity index (χ0n) is 10.5. The molecule has 3 nitrogen and oxygen atoms in total. The van der Waals surface area contributed by atoms with Gasteiger partial charge in [-0.15, -0.1) is 0 Å². The van der Waals surface area contributed by atoms with Crippen molar-refractivity contribution in [3.05, 3.63) is 29.3 Å². The molecule has 3 heteroatoms. The van der Waals surface area contributed by atoms with Crippen LogP contribution in [0.3, 0.4) is 0 Å². The predicted molar refractivity (Wildman–Crippen MR) is 65.7 cm³/mol. The molecular formula is C13H21NO2. The highest BCUT2D eigenvalue weighted by Gasteiger charge is 2.15. The molecule has 0 radical (unpaired) electrons. The average Bonchev–Trinajstić information content (AvgIpc) is 2.18. The highest BCUT2D eigenvalue weighted by molar-refractivity contribution is 5.36. The summed E-state index contributed by atoms with van der Waals surface area (Å²) in [5, 5.41) is 0. The molecular weight excluding hydrogens is 202 g/mol. The number of benzene rings is 1. The number of nitrogens with two attached hydrogens (primary N) is 1. The van der Waals surface area contributed by atoms with Gasteiger partial charge in [-0.3, -0.25) is 0 Å². The quantitative estimate of drug-likeness (QED) is 0.831. The van der Waals surface area contributed by atoms with Gasteiger partial charge in [0, 0.05) is 12.6 Å². The first kappa shape index (κ1) is 13.0. The summed E-state index contributed by atoms with van der Waals surface area (Å²) in [6.07, 6.45) is 0.808. The molecule has 1 aromatic carbocycles. The summed E-state index contributed by atoms with van der Waals surface area (Å²) in [6.45, 7) is 4.64. The van der Waals surface area contributed by atoms with Gasteiger partial charge in [0.15, 0.2) is 0 Å². The van der Waals surface area contributed by atoms with Crippen LogP contribution in [0.2, 0.25) is 0 Å². The summed E-state index contributed by atoms with van der Waals surface area (Å²) < 4.78 is 10.4. The first-order valence-electron chi connectivity index (χ1n) is 5.40. The van der Waals surface area contributed by atoms with Gasteiger partial charge in [0.05, 0.1) is 13.7 Å². The molecule has 90 valence electrons. The Morgan fingerprint density at radius 3 is 2.38 bits per heavy atom. The predicted octanol–water partition coefficient (Wildman–Crippen LogP) is 2.12. The van der Waals surface area contributed by atoms with Crippen molar-refractivity contribution in [3.63, 3.8) is 0 Å². The van der Waals surface area contributed by atoms with Crippen molar-refractivity contribution >= 4 is 0 Å². The number of hydrogen-bond donors (Lipinski definition) is 1. The molecule has 0 heterocycles. The fourth-order valence-corrected chi connectivity index (χ4v) is 1.68. The Hall–Kier alpha value is -1.06. The number of methoxy groups -OCH3 is 2. The number of hydrogen-bond acceptors (Lipinski definition) is 3. The van der Waals surface area contributed by atoms with Crippen LogP contribution in [0, 0.1) is 0 Å². The zero-order chi connectivity index (χ0) is 12.2. The lowest BCUT2D eigenvalue weighted by Crippen LogP contribution is -2.34. The van der Waals surface area contributed by atoms with Crippen LogP contribution >= 0.6 is 0 Å². The van der Waals surface area contributed by atoms with Crippen LogP contribution in [0.25, 0.3) is 0 Å². The molecule has 1 rings (SSSR count). The van der Waals surface area contributed by atoms with E-state index in [0.29, 0.717) is 6.61 Å². The highest BCUT2D eigenvalue weighted by Crippen LogP contribution is 2.21. The second kappa shape index (κ2) is 5.32. The van der Waals surface area contributed by atoms with E-state index in [1.54, 1.807) is 14.2 Å². The van der Waals surface area contributed by atoms with Crippen LogP contribution in [-0.2, 0) is 17.8 Å². The van der Waals surface area contributed by atoms with E-state index in [9.17, 15) is 0 Å². The van der Waals surface area contributed by atoms with E-state index < -0.39 is 0 Å². The Morgan fingerprint density at radius 1 is 1.19 bits per heavy atom. The third kappa shape index (κ3) is 3.83. The monoisotopic (exact) mass is 223 g/mol. The van der Waals surface area contributed by atoms with Gasteiger partial charge < -0.3 is 15.2 Å². The third-order valence-electron chi connectivity index (χ3n) is 2.36. The van der Waals surface area contributed by atoms with Gasteiger partial charge in [-0.25, -0.2) is 0 Å². The fourth-order valence-electron chi connectivity index (χ4n) is 1.68. The molecule has 0 spiro atoms. The molecule has 1 aromatic rings. The molecule has 0 aliphatic heterocycles. The first-order chi connectivity index (χ1) is 7.46. The lowest BCUT2D eigenvalue weighted by molar-refractivity contribution is 0.183. The molecule has 0 unspecified atom stereocenters. The van der Waals surface area contributed by atoms with E-state index in [1.165, 1.54) is 11.1 Å². The van der Waals surface area contributed by atoms with E-state index in [1.807, 2.05) is 32.0 Å². The molecule has 0 aliphatic rings. The summed E-state index contributed by atoms with van der Waals surface area (Å²) in [4.78, 5) is 0. The highest BCUT2D eigenvalue weighted by atomic mass is 16.5. The molecule has 2 N–H and O–H groups in total. The Labute approximate surface area is 97.6 Å². The molecule has 0 fully saturated rings. The van der Waals surface area contributed by atoms with Crippen molar-refractivity contribution in [3.8, 4) is 5.75 Å². The van der Waals surface area contributed by atoms with Crippen molar-refractivity contribution < 1.29 is 9.47 Å². The topological polar surface area (TPSA) is 44.5 Å². The maximum absolute atomic E-state index is 6.04. The number of ether oxygens (including phenoxy) is 2. The van der Waals surface area contributed by atoms with E-state index in [4.69, 9.17) is 15.2 Å².